The van der Waals surface area contributed by atoms with Crippen molar-refractivity contribution in [1.29, 1.82) is 0 Å². The SMILES string of the molecule is Cc1ccc(Nc2nc(Br)nn2C(=O)c2ccc(Cl)cc2)cc1. The smallest absolute Gasteiger partial charge is 0.281 e. The van der Waals surface area contributed by atoms with Gasteiger partial charge in [0.2, 0.25) is 10.7 Å². The topological polar surface area (TPSA) is 59.8 Å². The van der Waals surface area contributed by atoms with Gasteiger partial charge in [-0.3, -0.25) is 4.79 Å². The molecule has 116 valence electrons. The normalized spacial score (nSPS) is 10.6. The lowest BCUT2D eigenvalue weighted by Gasteiger charge is -2.07. The summed E-state index contributed by atoms with van der Waals surface area (Å²) < 4.78 is 1.54. The van der Waals surface area contributed by atoms with Crippen molar-refractivity contribution in [2.45, 2.75) is 6.92 Å². The molecule has 0 radical (unpaired) electrons. The van der Waals surface area contributed by atoms with Crippen LogP contribution in [0, 0.1) is 6.92 Å². The van der Waals surface area contributed by atoms with Gasteiger partial charge in [0.15, 0.2) is 0 Å². The van der Waals surface area contributed by atoms with Crippen molar-refractivity contribution in [3.05, 3.63) is 69.4 Å². The third-order valence-electron chi connectivity index (χ3n) is 3.17. The maximum atomic E-state index is 12.6. The number of hydrogen-bond donors (Lipinski definition) is 1. The summed E-state index contributed by atoms with van der Waals surface area (Å²) >= 11 is 9.06. The number of carbonyl (C=O) groups excluding carboxylic acids is 1. The third kappa shape index (κ3) is 3.60. The summed E-state index contributed by atoms with van der Waals surface area (Å²) in [5, 5.41) is 7.76. The molecule has 3 aromatic rings. The average Bonchev–Trinajstić information content (AvgIpc) is 2.90. The van der Waals surface area contributed by atoms with Gasteiger partial charge in [0, 0.05) is 16.3 Å². The molecule has 7 heteroatoms. The second-order valence-electron chi connectivity index (χ2n) is 4.92. The fourth-order valence-corrected chi connectivity index (χ4v) is 2.44. The van der Waals surface area contributed by atoms with Crippen LogP contribution in [0.15, 0.2) is 53.3 Å². The molecule has 0 saturated carbocycles. The van der Waals surface area contributed by atoms with Crippen molar-refractivity contribution in [3.63, 3.8) is 0 Å². The van der Waals surface area contributed by atoms with E-state index < -0.39 is 0 Å². The second-order valence-corrected chi connectivity index (χ2v) is 6.07. The van der Waals surface area contributed by atoms with Crippen molar-refractivity contribution in [2.75, 3.05) is 5.32 Å². The predicted octanol–water partition coefficient (Wildman–Crippen LogP) is 4.43. The Morgan fingerprint density at radius 1 is 1.13 bits per heavy atom. The molecule has 0 aliphatic heterocycles. The molecular formula is C16H12BrClN4O. The Morgan fingerprint density at radius 3 is 2.43 bits per heavy atom. The van der Waals surface area contributed by atoms with Gasteiger partial charge in [0.25, 0.3) is 5.91 Å². The highest BCUT2D eigenvalue weighted by Gasteiger charge is 2.17. The van der Waals surface area contributed by atoms with Crippen LogP contribution in [0.4, 0.5) is 11.6 Å². The molecule has 0 amide bonds. The minimum Gasteiger partial charge on any atom is -0.324 e. The number of rotatable bonds is 3. The zero-order valence-electron chi connectivity index (χ0n) is 12.1. The number of nitrogens with zero attached hydrogens (tertiary/aromatic N) is 3. The molecule has 0 atom stereocenters. The van der Waals surface area contributed by atoms with Crippen LogP contribution in [0.2, 0.25) is 5.02 Å². The second kappa shape index (κ2) is 6.52. The fourth-order valence-electron chi connectivity index (χ4n) is 1.99. The van der Waals surface area contributed by atoms with E-state index in [4.69, 9.17) is 11.6 Å². The van der Waals surface area contributed by atoms with E-state index in [2.05, 4.69) is 31.3 Å². The van der Waals surface area contributed by atoms with Crippen LogP contribution in [0.5, 0.6) is 0 Å². The molecule has 0 saturated heterocycles. The van der Waals surface area contributed by atoms with Gasteiger partial charge in [-0.25, -0.2) is 0 Å². The first-order valence-corrected chi connectivity index (χ1v) is 7.96. The van der Waals surface area contributed by atoms with Gasteiger partial charge in [0.1, 0.15) is 0 Å². The number of anilines is 2. The highest BCUT2D eigenvalue weighted by Crippen LogP contribution is 2.19. The van der Waals surface area contributed by atoms with Gasteiger partial charge in [-0.15, -0.1) is 5.10 Å². The maximum Gasteiger partial charge on any atom is 0.281 e. The van der Waals surface area contributed by atoms with Gasteiger partial charge in [-0.05, 0) is 59.3 Å². The summed E-state index contributed by atoms with van der Waals surface area (Å²) in [6.07, 6.45) is 0. The number of hydrogen-bond acceptors (Lipinski definition) is 4. The van der Waals surface area contributed by atoms with E-state index in [0.29, 0.717) is 21.3 Å². The quantitative estimate of drug-likeness (QED) is 0.717. The number of carbonyl (C=O) groups is 1. The van der Waals surface area contributed by atoms with Crippen LogP contribution >= 0.6 is 27.5 Å². The van der Waals surface area contributed by atoms with Crippen LogP contribution in [0.1, 0.15) is 15.9 Å². The number of nitrogens with one attached hydrogen (secondary N) is 1. The van der Waals surface area contributed by atoms with E-state index in [-0.39, 0.29) is 5.91 Å². The van der Waals surface area contributed by atoms with Crippen molar-refractivity contribution in [1.82, 2.24) is 14.8 Å². The Hall–Kier alpha value is -2.18. The van der Waals surface area contributed by atoms with E-state index in [0.717, 1.165) is 11.3 Å². The van der Waals surface area contributed by atoms with E-state index in [1.165, 1.54) is 4.68 Å². The molecule has 0 bridgehead atoms. The minimum atomic E-state index is -0.297. The number of benzene rings is 2. The Bertz CT molecular complexity index is 844. The minimum absolute atomic E-state index is 0.297. The fraction of sp³-hybridized carbons (Fsp3) is 0.0625. The van der Waals surface area contributed by atoms with Crippen LogP contribution in [0.3, 0.4) is 0 Å². The molecule has 5 nitrogen and oxygen atoms in total. The number of aryl methyl sites for hydroxylation is 1. The van der Waals surface area contributed by atoms with Crippen LogP contribution < -0.4 is 5.32 Å². The lowest BCUT2D eigenvalue weighted by molar-refractivity contribution is 0.0947. The van der Waals surface area contributed by atoms with Crippen molar-refractivity contribution < 1.29 is 4.79 Å². The summed E-state index contributed by atoms with van der Waals surface area (Å²) in [6.45, 7) is 2.01. The molecule has 1 heterocycles. The molecule has 23 heavy (non-hydrogen) atoms. The summed E-state index contributed by atoms with van der Waals surface area (Å²) in [5.41, 5.74) is 2.44. The molecule has 0 aliphatic carbocycles. The molecule has 0 fully saturated rings. The zero-order chi connectivity index (χ0) is 16.4. The number of aromatic nitrogens is 3. The lowest BCUT2D eigenvalue weighted by atomic mass is 10.2. The molecular weight excluding hydrogens is 380 g/mol. The van der Waals surface area contributed by atoms with E-state index in [1.54, 1.807) is 24.3 Å². The maximum absolute atomic E-state index is 12.6. The van der Waals surface area contributed by atoms with Gasteiger partial charge in [-0.1, -0.05) is 29.3 Å². The third-order valence-corrected chi connectivity index (χ3v) is 3.76. The Labute approximate surface area is 146 Å². The molecule has 0 spiro atoms. The van der Waals surface area contributed by atoms with Gasteiger partial charge in [-0.2, -0.15) is 9.67 Å². The van der Waals surface area contributed by atoms with Gasteiger partial charge < -0.3 is 5.32 Å². The van der Waals surface area contributed by atoms with E-state index >= 15 is 0 Å². The molecule has 3 rings (SSSR count). The number of halogens is 2. The first kappa shape index (κ1) is 15.7. The Morgan fingerprint density at radius 2 is 1.78 bits per heavy atom. The first-order chi connectivity index (χ1) is 11.0. The van der Waals surface area contributed by atoms with Gasteiger partial charge in [0.05, 0.1) is 0 Å². The Balaban J connectivity index is 1.92. The van der Waals surface area contributed by atoms with Gasteiger partial charge >= 0.3 is 0 Å². The van der Waals surface area contributed by atoms with E-state index in [1.807, 2.05) is 31.2 Å². The summed E-state index contributed by atoms with van der Waals surface area (Å²) in [4.78, 5) is 16.8. The molecule has 1 N–H and O–H groups in total. The molecule has 0 aliphatic rings. The largest absolute Gasteiger partial charge is 0.324 e. The van der Waals surface area contributed by atoms with Crippen molar-refractivity contribution in [3.8, 4) is 0 Å². The van der Waals surface area contributed by atoms with E-state index in [9.17, 15) is 4.79 Å². The monoisotopic (exact) mass is 390 g/mol. The summed E-state index contributed by atoms with van der Waals surface area (Å²) in [6, 6.07) is 14.4. The van der Waals surface area contributed by atoms with Crippen LogP contribution in [-0.2, 0) is 0 Å². The average molecular weight is 392 g/mol. The van der Waals surface area contributed by atoms with Crippen molar-refractivity contribution >= 4 is 45.1 Å². The lowest BCUT2D eigenvalue weighted by Crippen LogP contribution is -2.16. The highest BCUT2D eigenvalue weighted by molar-refractivity contribution is 9.10. The zero-order valence-corrected chi connectivity index (χ0v) is 14.5. The standard InChI is InChI=1S/C16H12BrClN4O/c1-10-2-8-13(9-3-10)19-16-20-15(17)21-22(16)14(23)11-4-6-12(18)7-5-11/h2-9H,1H3,(H,19,20,21). The summed E-state index contributed by atoms with van der Waals surface area (Å²) in [5.74, 6) is 0.0372. The van der Waals surface area contributed by atoms with Crippen LogP contribution in [-0.4, -0.2) is 20.7 Å². The predicted molar refractivity (Wildman–Crippen MR) is 93.4 cm³/mol. The first-order valence-electron chi connectivity index (χ1n) is 6.79. The molecule has 2 aromatic carbocycles. The Kier molecular flexibility index (Phi) is 4.45. The summed E-state index contributed by atoms with van der Waals surface area (Å²) in [7, 11) is 0. The molecule has 1 aromatic heterocycles. The highest BCUT2D eigenvalue weighted by atomic mass is 79.9. The van der Waals surface area contributed by atoms with Crippen molar-refractivity contribution in [2.24, 2.45) is 0 Å². The molecule has 0 unspecified atom stereocenters. The van der Waals surface area contributed by atoms with Crippen LogP contribution in [0.25, 0.3) is 0 Å².